The summed E-state index contributed by atoms with van der Waals surface area (Å²) in [6.07, 6.45) is 4.89. The minimum atomic E-state index is 0.291. The monoisotopic (exact) mass is 233 g/mol. The van der Waals surface area contributed by atoms with E-state index in [-0.39, 0.29) is 0 Å². The molecule has 1 aromatic carbocycles. The van der Waals surface area contributed by atoms with Crippen molar-refractivity contribution in [1.29, 1.82) is 0 Å². The van der Waals surface area contributed by atoms with Gasteiger partial charge in [-0.15, -0.1) is 0 Å². The van der Waals surface area contributed by atoms with Crippen molar-refractivity contribution in [2.45, 2.75) is 51.5 Å². The Bertz CT molecular complexity index is 400. The molecule has 0 aliphatic heterocycles. The Morgan fingerprint density at radius 1 is 1.18 bits per heavy atom. The standard InChI is InChI=1S/C15H23NO/c1-10-8-9-13(15(17-3)11(10)2)12-6-4-5-7-14(12)16/h8-9,12,14H,4-7,16H2,1-3H3. The van der Waals surface area contributed by atoms with E-state index in [0.717, 1.165) is 12.2 Å². The Morgan fingerprint density at radius 2 is 1.88 bits per heavy atom. The van der Waals surface area contributed by atoms with Crippen LogP contribution in [0.4, 0.5) is 0 Å². The highest BCUT2D eigenvalue weighted by atomic mass is 16.5. The molecule has 1 aromatic rings. The molecule has 17 heavy (non-hydrogen) atoms. The van der Waals surface area contributed by atoms with Crippen molar-refractivity contribution in [2.75, 3.05) is 7.11 Å². The highest BCUT2D eigenvalue weighted by Crippen LogP contribution is 2.39. The van der Waals surface area contributed by atoms with Crippen molar-refractivity contribution >= 4 is 0 Å². The van der Waals surface area contributed by atoms with Gasteiger partial charge in [0.05, 0.1) is 7.11 Å². The van der Waals surface area contributed by atoms with E-state index in [9.17, 15) is 0 Å². The van der Waals surface area contributed by atoms with Gasteiger partial charge in [0.15, 0.2) is 0 Å². The number of aryl methyl sites for hydroxylation is 1. The largest absolute Gasteiger partial charge is 0.496 e. The summed E-state index contributed by atoms with van der Waals surface area (Å²) in [5.74, 6) is 1.52. The second kappa shape index (κ2) is 5.09. The Balaban J connectivity index is 2.40. The lowest BCUT2D eigenvalue weighted by molar-refractivity contribution is 0.359. The number of nitrogens with two attached hydrogens (primary N) is 1. The van der Waals surface area contributed by atoms with Gasteiger partial charge in [0.1, 0.15) is 5.75 Å². The van der Waals surface area contributed by atoms with Gasteiger partial charge in [0.2, 0.25) is 0 Å². The molecule has 2 N–H and O–H groups in total. The Kier molecular flexibility index (Phi) is 3.72. The molecule has 1 aliphatic carbocycles. The highest BCUT2D eigenvalue weighted by Gasteiger charge is 2.26. The van der Waals surface area contributed by atoms with Gasteiger partial charge < -0.3 is 10.5 Å². The van der Waals surface area contributed by atoms with Crippen molar-refractivity contribution in [3.8, 4) is 5.75 Å². The normalized spacial score (nSPS) is 24.7. The third-order valence-corrected chi connectivity index (χ3v) is 4.13. The van der Waals surface area contributed by atoms with E-state index in [4.69, 9.17) is 10.5 Å². The number of benzene rings is 1. The van der Waals surface area contributed by atoms with Gasteiger partial charge in [0, 0.05) is 12.0 Å². The van der Waals surface area contributed by atoms with Gasteiger partial charge in [-0.2, -0.15) is 0 Å². The summed E-state index contributed by atoms with van der Waals surface area (Å²) in [7, 11) is 1.76. The first kappa shape index (κ1) is 12.4. The van der Waals surface area contributed by atoms with Gasteiger partial charge >= 0.3 is 0 Å². The molecule has 2 heteroatoms. The van der Waals surface area contributed by atoms with Crippen LogP contribution in [0.2, 0.25) is 0 Å². The third-order valence-electron chi connectivity index (χ3n) is 4.13. The second-order valence-corrected chi connectivity index (χ2v) is 5.18. The van der Waals surface area contributed by atoms with Crippen LogP contribution in [0.25, 0.3) is 0 Å². The molecule has 1 fully saturated rings. The fourth-order valence-electron chi connectivity index (χ4n) is 2.92. The maximum atomic E-state index is 6.27. The van der Waals surface area contributed by atoms with Gasteiger partial charge in [-0.3, -0.25) is 0 Å². The van der Waals surface area contributed by atoms with Crippen LogP contribution in [-0.4, -0.2) is 13.2 Å². The summed E-state index contributed by atoms with van der Waals surface area (Å²) in [4.78, 5) is 0. The molecule has 0 amide bonds. The average molecular weight is 233 g/mol. The molecule has 0 spiro atoms. The summed E-state index contributed by atoms with van der Waals surface area (Å²) >= 11 is 0. The first-order valence-corrected chi connectivity index (χ1v) is 6.54. The molecular weight excluding hydrogens is 210 g/mol. The van der Waals surface area contributed by atoms with Crippen LogP contribution in [0.1, 0.15) is 48.3 Å². The Labute approximate surface area is 104 Å². The van der Waals surface area contributed by atoms with Crippen LogP contribution in [-0.2, 0) is 0 Å². The molecule has 0 aromatic heterocycles. The molecule has 1 saturated carbocycles. The Morgan fingerprint density at radius 3 is 2.53 bits per heavy atom. The lowest BCUT2D eigenvalue weighted by Gasteiger charge is -2.30. The van der Waals surface area contributed by atoms with Crippen LogP contribution >= 0.6 is 0 Å². The van der Waals surface area contributed by atoms with E-state index in [1.54, 1.807) is 7.11 Å². The third kappa shape index (κ3) is 2.32. The van der Waals surface area contributed by atoms with Gasteiger partial charge in [-0.25, -0.2) is 0 Å². The molecule has 1 aliphatic rings. The molecule has 0 saturated heterocycles. The van der Waals surface area contributed by atoms with Crippen molar-refractivity contribution < 1.29 is 4.74 Å². The SMILES string of the molecule is COc1c(C2CCCCC2N)ccc(C)c1C. The number of hydrogen-bond acceptors (Lipinski definition) is 2. The van der Waals surface area contributed by atoms with Gasteiger partial charge in [0.25, 0.3) is 0 Å². The summed E-state index contributed by atoms with van der Waals surface area (Å²) < 4.78 is 5.60. The molecule has 0 bridgehead atoms. The highest BCUT2D eigenvalue weighted by molar-refractivity contribution is 5.47. The molecule has 94 valence electrons. The predicted octanol–water partition coefficient (Wildman–Crippen LogP) is 3.30. The van der Waals surface area contributed by atoms with Crippen LogP contribution in [0.5, 0.6) is 5.75 Å². The minimum Gasteiger partial charge on any atom is -0.496 e. The van der Waals surface area contributed by atoms with E-state index in [0.29, 0.717) is 12.0 Å². The minimum absolute atomic E-state index is 0.291. The van der Waals surface area contributed by atoms with E-state index in [2.05, 4.69) is 26.0 Å². The number of ether oxygens (including phenoxy) is 1. The summed E-state index contributed by atoms with van der Waals surface area (Å²) in [5.41, 5.74) is 10.1. The molecular formula is C15H23NO. The second-order valence-electron chi connectivity index (χ2n) is 5.18. The molecule has 0 heterocycles. The van der Waals surface area contributed by atoms with Gasteiger partial charge in [-0.1, -0.05) is 25.0 Å². The number of rotatable bonds is 2. The quantitative estimate of drug-likeness (QED) is 0.850. The molecule has 0 radical (unpaired) electrons. The molecule has 2 rings (SSSR count). The molecule has 2 atom stereocenters. The van der Waals surface area contributed by atoms with Crippen LogP contribution in [0, 0.1) is 13.8 Å². The summed E-state index contributed by atoms with van der Waals surface area (Å²) in [6.45, 7) is 4.26. The zero-order valence-corrected chi connectivity index (χ0v) is 11.1. The smallest absolute Gasteiger partial charge is 0.125 e. The lowest BCUT2D eigenvalue weighted by Crippen LogP contribution is -2.31. The van der Waals surface area contributed by atoms with Crippen molar-refractivity contribution in [3.05, 3.63) is 28.8 Å². The summed E-state index contributed by atoms with van der Waals surface area (Å²) in [5, 5.41) is 0. The van der Waals surface area contributed by atoms with Crippen molar-refractivity contribution in [2.24, 2.45) is 5.73 Å². The van der Waals surface area contributed by atoms with E-state index < -0.39 is 0 Å². The zero-order chi connectivity index (χ0) is 12.4. The van der Waals surface area contributed by atoms with E-state index in [1.807, 2.05) is 0 Å². The predicted molar refractivity (Wildman–Crippen MR) is 71.7 cm³/mol. The maximum absolute atomic E-state index is 6.27. The van der Waals surface area contributed by atoms with Crippen LogP contribution in [0.3, 0.4) is 0 Å². The first-order chi connectivity index (χ1) is 8.15. The lowest BCUT2D eigenvalue weighted by atomic mass is 9.79. The number of hydrogen-bond donors (Lipinski definition) is 1. The van der Waals surface area contributed by atoms with Crippen LogP contribution in [0.15, 0.2) is 12.1 Å². The van der Waals surface area contributed by atoms with Crippen LogP contribution < -0.4 is 10.5 Å². The first-order valence-electron chi connectivity index (χ1n) is 6.54. The maximum Gasteiger partial charge on any atom is 0.125 e. The molecule has 2 unspecified atom stereocenters. The van der Waals surface area contributed by atoms with Gasteiger partial charge in [-0.05, 0) is 43.4 Å². The number of methoxy groups -OCH3 is 1. The summed E-state index contributed by atoms with van der Waals surface area (Å²) in [6, 6.07) is 4.69. The Hall–Kier alpha value is -1.02. The molecule has 2 nitrogen and oxygen atoms in total. The van der Waals surface area contributed by atoms with Crippen molar-refractivity contribution in [3.63, 3.8) is 0 Å². The fourth-order valence-corrected chi connectivity index (χ4v) is 2.92. The topological polar surface area (TPSA) is 35.2 Å². The average Bonchev–Trinajstić information content (AvgIpc) is 2.33. The zero-order valence-electron chi connectivity index (χ0n) is 11.1. The van der Waals surface area contributed by atoms with E-state index in [1.165, 1.54) is 36.0 Å². The fraction of sp³-hybridized carbons (Fsp3) is 0.600. The van der Waals surface area contributed by atoms with Crippen molar-refractivity contribution in [1.82, 2.24) is 0 Å². The van der Waals surface area contributed by atoms with E-state index >= 15 is 0 Å².